The molecule has 2 aromatic rings. The van der Waals surface area contributed by atoms with Gasteiger partial charge in [0, 0.05) is 13.6 Å². The Morgan fingerprint density at radius 2 is 2.05 bits per heavy atom. The van der Waals surface area contributed by atoms with Gasteiger partial charge >= 0.3 is 0 Å². The van der Waals surface area contributed by atoms with Crippen molar-refractivity contribution >= 4 is 17.2 Å². The predicted molar refractivity (Wildman–Crippen MR) is 85.3 cm³/mol. The number of benzene rings is 1. The second-order valence-electron chi connectivity index (χ2n) is 4.71. The molecule has 1 N–H and O–H groups in total. The third kappa shape index (κ3) is 3.94. The minimum absolute atomic E-state index is 0.0136. The molecule has 0 aliphatic carbocycles. The molecule has 3 nitrogen and oxygen atoms in total. The summed E-state index contributed by atoms with van der Waals surface area (Å²) in [7, 11) is 1.80. The lowest BCUT2D eigenvalue weighted by Gasteiger charge is -2.17. The Balaban J connectivity index is 2.09. The average molecular weight is 299 g/mol. The lowest BCUT2D eigenvalue weighted by atomic mass is 10.1. The number of hydrogen-bond donors (Lipinski definition) is 1. The topological polar surface area (TPSA) is 40.5 Å². The van der Waals surface area contributed by atoms with E-state index in [0.717, 1.165) is 10.4 Å². The first-order valence-corrected chi connectivity index (χ1v) is 7.43. The van der Waals surface area contributed by atoms with Gasteiger partial charge in [-0.1, -0.05) is 36.1 Å². The van der Waals surface area contributed by atoms with Crippen LogP contribution in [-0.4, -0.2) is 29.6 Å². The van der Waals surface area contributed by atoms with Gasteiger partial charge in [0.15, 0.2) is 0 Å². The molecular weight excluding hydrogens is 282 g/mol. The fraction of sp³-hybridized carbons (Fsp3) is 0.235. The van der Waals surface area contributed by atoms with Gasteiger partial charge in [-0.3, -0.25) is 4.79 Å². The van der Waals surface area contributed by atoms with E-state index in [2.05, 4.69) is 11.8 Å². The van der Waals surface area contributed by atoms with Gasteiger partial charge in [0.05, 0.1) is 9.75 Å². The summed E-state index contributed by atoms with van der Waals surface area (Å²) >= 11 is 1.35. The Hall–Kier alpha value is -2.09. The Bertz CT molecular complexity index is 694. The quantitative estimate of drug-likeness (QED) is 0.885. The molecule has 1 aromatic carbocycles. The fourth-order valence-corrected chi connectivity index (χ4v) is 2.83. The first-order valence-electron chi connectivity index (χ1n) is 6.61. The van der Waals surface area contributed by atoms with Crippen molar-refractivity contribution in [2.75, 3.05) is 13.7 Å². The Labute approximate surface area is 128 Å². The van der Waals surface area contributed by atoms with Crippen LogP contribution in [0.4, 0.5) is 0 Å². The van der Waals surface area contributed by atoms with Crippen molar-refractivity contribution in [2.45, 2.75) is 13.5 Å². The zero-order valence-electron chi connectivity index (χ0n) is 12.1. The summed E-state index contributed by atoms with van der Waals surface area (Å²) in [5.41, 5.74) is 2.32. The van der Waals surface area contributed by atoms with Crippen molar-refractivity contribution in [3.8, 4) is 11.8 Å². The van der Waals surface area contributed by atoms with Crippen LogP contribution >= 0.6 is 11.3 Å². The van der Waals surface area contributed by atoms with Crippen LogP contribution in [0.3, 0.4) is 0 Å². The van der Waals surface area contributed by atoms with E-state index in [9.17, 15) is 4.79 Å². The number of aliphatic hydroxyl groups is 1. The van der Waals surface area contributed by atoms with E-state index in [4.69, 9.17) is 5.11 Å². The molecule has 0 saturated heterocycles. The predicted octanol–water partition coefficient (Wildman–Crippen LogP) is 2.67. The van der Waals surface area contributed by atoms with Crippen LogP contribution in [0.15, 0.2) is 36.4 Å². The fourth-order valence-electron chi connectivity index (χ4n) is 1.95. The van der Waals surface area contributed by atoms with Crippen molar-refractivity contribution in [1.82, 2.24) is 4.90 Å². The second kappa shape index (κ2) is 7.07. The molecule has 1 aromatic heterocycles. The van der Waals surface area contributed by atoms with Crippen molar-refractivity contribution in [1.29, 1.82) is 0 Å². The van der Waals surface area contributed by atoms with E-state index < -0.39 is 0 Å². The van der Waals surface area contributed by atoms with Crippen LogP contribution < -0.4 is 0 Å². The highest BCUT2D eigenvalue weighted by Gasteiger charge is 2.14. The number of carbonyl (C=O) groups excluding carboxylic acids is 1. The Morgan fingerprint density at radius 3 is 2.76 bits per heavy atom. The van der Waals surface area contributed by atoms with E-state index in [1.807, 2.05) is 37.3 Å². The molecule has 0 bridgehead atoms. The monoisotopic (exact) mass is 299 g/mol. The smallest absolute Gasteiger partial charge is 0.264 e. The molecule has 0 aliphatic heterocycles. The molecular formula is C17H17NO2S. The van der Waals surface area contributed by atoms with Crippen LogP contribution in [0.25, 0.3) is 0 Å². The van der Waals surface area contributed by atoms with Crippen LogP contribution in [0, 0.1) is 18.8 Å². The summed E-state index contributed by atoms with van der Waals surface area (Å²) in [6.45, 7) is 2.46. The highest BCUT2D eigenvalue weighted by atomic mass is 32.1. The summed E-state index contributed by atoms with van der Waals surface area (Å²) in [4.78, 5) is 15.5. The Kier molecular flexibility index (Phi) is 5.15. The van der Waals surface area contributed by atoms with Gasteiger partial charge in [0.25, 0.3) is 5.91 Å². The molecule has 0 spiro atoms. The minimum atomic E-state index is -0.172. The largest absolute Gasteiger partial charge is 0.384 e. The van der Waals surface area contributed by atoms with Gasteiger partial charge < -0.3 is 10.0 Å². The van der Waals surface area contributed by atoms with Gasteiger partial charge in [-0.15, -0.1) is 11.3 Å². The number of thiophene rings is 1. The normalized spacial score (nSPS) is 9.86. The number of rotatable bonds is 3. The first kappa shape index (κ1) is 15.3. The van der Waals surface area contributed by atoms with Gasteiger partial charge in [-0.05, 0) is 30.2 Å². The maximum Gasteiger partial charge on any atom is 0.264 e. The summed E-state index contributed by atoms with van der Waals surface area (Å²) in [6.07, 6.45) is 0. The van der Waals surface area contributed by atoms with Crippen LogP contribution in [0.5, 0.6) is 0 Å². The summed E-state index contributed by atoms with van der Waals surface area (Å²) in [6, 6.07) is 11.6. The molecule has 21 heavy (non-hydrogen) atoms. The molecule has 4 heteroatoms. The number of aliphatic hydroxyl groups excluding tert-OH is 1. The number of amides is 1. The highest BCUT2D eigenvalue weighted by molar-refractivity contribution is 7.14. The van der Waals surface area contributed by atoms with Crippen molar-refractivity contribution in [3.63, 3.8) is 0 Å². The standard InChI is InChI=1S/C17H17NO2S/c1-13-6-3-4-7-14(13)12-18(2)17(20)16-10-9-15(21-16)8-5-11-19/h3-4,6-7,9-10,19H,11-12H2,1-2H3. The lowest BCUT2D eigenvalue weighted by molar-refractivity contribution is 0.0789. The zero-order chi connectivity index (χ0) is 15.2. The molecule has 0 fully saturated rings. The Morgan fingerprint density at radius 1 is 1.29 bits per heavy atom. The number of carbonyl (C=O) groups is 1. The van der Waals surface area contributed by atoms with E-state index in [-0.39, 0.29) is 12.5 Å². The average Bonchev–Trinajstić information content (AvgIpc) is 2.95. The van der Waals surface area contributed by atoms with E-state index in [0.29, 0.717) is 11.4 Å². The molecule has 2 rings (SSSR count). The van der Waals surface area contributed by atoms with Crippen molar-refractivity contribution < 1.29 is 9.90 Å². The molecule has 0 saturated carbocycles. The third-order valence-corrected chi connectivity index (χ3v) is 4.11. The van der Waals surface area contributed by atoms with Crippen molar-refractivity contribution in [3.05, 3.63) is 57.3 Å². The molecule has 1 amide bonds. The molecule has 1 heterocycles. The van der Waals surface area contributed by atoms with E-state index >= 15 is 0 Å². The van der Waals surface area contributed by atoms with E-state index in [1.54, 1.807) is 18.0 Å². The molecule has 0 unspecified atom stereocenters. The first-order chi connectivity index (χ1) is 10.1. The number of nitrogens with zero attached hydrogens (tertiary/aromatic N) is 1. The van der Waals surface area contributed by atoms with Crippen LogP contribution in [0.1, 0.15) is 25.7 Å². The number of hydrogen-bond acceptors (Lipinski definition) is 3. The molecule has 0 atom stereocenters. The summed E-state index contributed by atoms with van der Waals surface area (Å²) < 4.78 is 0. The van der Waals surface area contributed by atoms with E-state index in [1.165, 1.54) is 16.9 Å². The van der Waals surface area contributed by atoms with Gasteiger partial charge in [0.1, 0.15) is 6.61 Å². The third-order valence-electron chi connectivity index (χ3n) is 3.12. The van der Waals surface area contributed by atoms with Crippen LogP contribution in [0.2, 0.25) is 0 Å². The lowest BCUT2D eigenvalue weighted by Crippen LogP contribution is -2.25. The number of aryl methyl sites for hydroxylation is 1. The van der Waals surface area contributed by atoms with Gasteiger partial charge in [-0.25, -0.2) is 0 Å². The molecule has 0 aliphatic rings. The van der Waals surface area contributed by atoms with Gasteiger partial charge in [-0.2, -0.15) is 0 Å². The van der Waals surface area contributed by atoms with Crippen LogP contribution in [-0.2, 0) is 6.54 Å². The maximum absolute atomic E-state index is 12.4. The minimum Gasteiger partial charge on any atom is -0.384 e. The van der Waals surface area contributed by atoms with Gasteiger partial charge in [0.2, 0.25) is 0 Å². The molecule has 108 valence electrons. The summed E-state index contributed by atoms with van der Waals surface area (Å²) in [5, 5.41) is 8.68. The highest BCUT2D eigenvalue weighted by Crippen LogP contribution is 2.18. The molecule has 0 radical (unpaired) electrons. The second-order valence-corrected chi connectivity index (χ2v) is 5.80. The zero-order valence-corrected chi connectivity index (χ0v) is 12.9. The van der Waals surface area contributed by atoms with Crippen molar-refractivity contribution in [2.24, 2.45) is 0 Å². The summed E-state index contributed by atoms with van der Waals surface area (Å²) in [5.74, 6) is 5.39. The SMILES string of the molecule is Cc1ccccc1CN(C)C(=O)c1ccc(C#CCO)s1. The maximum atomic E-state index is 12.4.